The largest absolute Gasteiger partial charge is 0.314 e. The van der Waals surface area contributed by atoms with Gasteiger partial charge in [-0.25, -0.2) is 0 Å². The van der Waals surface area contributed by atoms with Crippen molar-refractivity contribution < 1.29 is 0 Å². The standard InChI is InChI=1S/C14H18N2OS/c1-11-5-3-8-16(14(11)17)9-7-15-12(2)13-6-4-10-18-13/h3-6,8,10,12,15H,7,9H2,1-2H3. The Kier molecular flexibility index (Phi) is 4.33. The molecule has 1 N–H and O–H groups in total. The fraction of sp³-hybridized carbons (Fsp3) is 0.357. The number of thiophene rings is 1. The first-order valence-corrected chi connectivity index (χ1v) is 6.99. The molecule has 0 saturated carbocycles. The molecule has 0 amide bonds. The molecular formula is C14H18N2OS. The molecule has 0 aromatic carbocycles. The number of aromatic nitrogens is 1. The fourth-order valence-corrected chi connectivity index (χ4v) is 2.63. The summed E-state index contributed by atoms with van der Waals surface area (Å²) in [6.07, 6.45) is 1.84. The lowest BCUT2D eigenvalue weighted by molar-refractivity contribution is 0.528. The van der Waals surface area contributed by atoms with Gasteiger partial charge in [0.05, 0.1) is 0 Å². The quantitative estimate of drug-likeness (QED) is 0.898. The summed E-state index contributed by atoms with van der Waals surface area (Å²) >= 11 is 1.75. The third-order valence-corrected chi connectivity index (χ3v) is 4.04. The van der Waals surface area contributed by atoms with Crippen LogP contribution in [0.3, 0.4) is 0 Å². The second-order valence-electron chi connectivity index (χ2n) is 4.38. The third-order valence-electron chi connectivity index (χ3n) is 2.98. The molecule has 2 aromatic rings. The van der Waals surface area contributed by atoms with Crippen LogP contribution in [0.1, 0.15) is 23.4 Å². The Bertz CT molecular complexity index is 545. The van der Waals surface area contributed by atoms with Gasteiger partial charge in [0, 0.05) is 35.8 Å². The third kappa shape index (κ3) is 3.09. The van der Waals surface area contributed by atoms with E-state index in [1.807, 2.05) is 25.3 Å². The molecule has 0 saturated heterocycles. The van der Waals surface area contributed by atoms with Crippen molar-refractivity contribution in [2.45, 2.75) is 26.4 Å². The predicted octanol–water partition coefficient (Wildman–Crippen LogP) is 2.57. The molecule has 3 nitrogen and oxygen atoms in total. The van der Waals surface area contributed by atoms with E-state index in [1.54, 1.807) is 15.9 Å². The SMILES string of the molecule is Cc1cccn(CCNC(C)c2cccs2)c1=O. The number of pyridine rings is 1. The van der Waals surface area contributed by atoms with E-state index in [0.717, 1.165) is 12.1 Å². The summed E-state index contributed by atoms with van der Waals surface area (Å²) < 4.78 is 1.75. The lowest BCUT2D eigenvalue weighted by atomic mass is 10.3. The van der Waals surface area contributed by atoms with E-state index in [4.69, 9.17) is 0 Å². The van der Waals surface area contributed by atoms with E-state index in [2.05, 4.69) is 29.8 Å². The monoisotopic (exact) mass is 262 g/mol. The summed E-state index contributed by atoms with van der Waals surface area (Å²) in [5, 5.41) is 5.51. The molecule has 0 aliphatic heterocycles. The van der Waals surface area contributed by atoms with Crippen molar-refractivity contribution in [1.29, 1.82) is 0 Å². The van der Waals surface area contributed by atoms with Crippen LogP contribution in [0, 0.1) is 6.92 Å². The molecule has 0 aliphatic rings. The van der Waals surface area contributed by atoms with E-state index in [-0.39, 0.29) is 5.56 Å². The smallest absolute Gasteiger partial charge is 0.253 e. The molecule has 1 unspecified atom stereocenters. The van der Waals surface area contributed by atoms with Crippen molar-refractivity contribution in [2.24, 2.45) is 0 Å². The van der Waals surface area contributed by atoms with Crippen LogP contribution < -0.4 is 10.9 Å². The normalized spacial score (nSPS) is 12.6. The molecule has 0 spiro atoms. The van der Waals surface area contributed by atoms with Gasteiger partial charge in [0.15, 0.2) is 0 Å². The Morgan fingerprint density at radius 1 is 1.39 bits per heavy atom. The Hall–Kier alpha value is -1.39. The summed E-state index contributed by atoms with van der Waals surface area (Å²) in [7, 11) is 0. The van der Waals surface area contributed by atoms with Gasteiger partial charge in [-0.05, 0) is 31.4 Å². The number of rotatable bonds is 5. The predicted molar refractivity (Wildman–Crippen MR) is 76.2 cm³/mol. The minimum absolute atomic E-state index is 0.100. The van der Waals surface area contributed by atoms with Crippen LogP contribution in [-0.2, 0) is 6.54 Å². The van der Waals surface area contributed by atoms with Gasteiger partial charge in [0.1, 0.15) is 0 Å². The van der Waals surface area contributed by atoms with Crippen molar-refractivity contribution >= 4 is 11.3 Å². The fourth-order valence-electron chi connectivity index (χ4n) is 1.87. The van der Waals surface area contributed by atoms with Crippen molar-refractivity contribution in [1.82, 2.24) is 9.88 Å². The summed E-state index contributed by atoms with van der Waals surface area (Å²) in [4.78, 5) is 13.1. The maximum absolute atomic E-state index is 11.8. The van der Waals surface area contributed by atoms with Crippen LogP contribution in [0.4, 0.5) is 0 Å². The summed E-state index contributed by atoms with van der Waals surface area (Å²) in [5.41, 5.74) is 0.895. The zero-order chi connectivity index (χ0) is 13.0. The van der Waals surface area contributed by atoms with E-state index in [0.29, 0.717) is 12.6 Å². The molecule has 0 radical (unpaired) electrons. The first kappa shape index (κ1) is 13.1. The number of nitrogens with zero attached hydrogens (tertiary/aromatic N) is 1. The summed E-state index contributed by atoms with van der Waals surface area (Å²) in [6, 6.07) is 8.29. The Balaban J connectivity index is 1.89. The van der Waals surface area contributed by atoms with Gasteiger partial charge in [-0.1, -0.05) is 12.1 Å². The second-order valence-corrected chi connectivity index (χ2v) is 5.36. The number of nitrogens with one attached hydrogen (secondary N) is 1. The Labute approximate surface area is 111 Å². The van der Waals surface area contributed by atoms with Crippen LogP contribution in [-0.4, -0.2) is 11.1 Å². The second kappa shape index (κ2) is 5.98. The molecule has 2 rings (SSSR count). The molecule has 96 valence electrons. The number of hydrogen-bond donors (Lipinski definition) is 1. The summed E-state index contributed by atoms with van der Waals surface area (Å²) in [5.74, 6) is 0. The maximum atomic E-state index is 11.8. The summed E-state index contributed by atoms with van der Waals surface area (Å²) in [6.45, 7) is 5.49. The molecule has 0 fully saturated rings. The van der Waals surface area contributed by atoms with Gasteiger partial charge in [0.25, 0.3) is 5.56 Å². The molecular weight excluding hydrogens is 244 g/mol. The van der Waals surface area contributed by atoms with E-state index in [9.17, 15) is 4.79 Å². The minimum atomic E-state index is 0.100. The molecule has 4 heteroatoms. The molecule has 18 heavy (non-hydrogen) atoms. The van der Waals surface area contributed by atoms with E-state index < -0.39 is 0 Å². The van der Waals surface area contributed by atoms with Crippen molar-refractivity contribution in [2.75, 3.05) is 6.54 Å². The lowest BCUT2D eigenvalue weighted by Crippen LogP contribution is -2.28. The highest BCUT2D eigenvalue weighted by molar-refractivity contribution is 7.10. The minimum Gasteiger partial charge on any atom is -0.314 e. The zero-order valence-corrected chi connectivity index (χ0v) is 11.5. The molecule has 0 bridgehead atoms. The van der Waals surface area contributed by atoms with Gasteiger partial charge in [-0.15, -0.1) is 11.3 Å². The van der Waals surface area contributed by atoms with Crippen molar-refractivity contribution in [3.8, 4) is 0 Å². The van der Waals surface area contributed by atoms with Gasteiger partial charge >= 0.3 is 0 Å². The van der Waals surface area contributed by atoms with Crippen molar-refractivity contribution in [3.63, 3.8) is 0 Å². The van der Waals surface area contributed by atoms with Crippen LogP contribution >= 0.6 is 11.3 Å². The topological polar surface area (TPSA) is 34.0 Å². The van der Waals surface area contributed by atoms with Gasteiger partial charge in [0.2, 0.25) is 0 Å². The van der Waals surface area contributed by atoms with Crippen molar-refractivity contribution in [3.05, 3.63) is 56.6 Å². The number of hydrogen-bond acceptors (Lipinski definition) is 3. The van der Waals surface area contributed by atoms with Crippen LogP contribution in [0.5, 0.6) is 0 Å². The molecule has 0 aliphatic carbocycles. The molecule has 2 aromatic heterocycles. The Morgan fingerprint density at radius 2 is 2.22 bits per heavy atom. The van der Waals surface area contributed by atoms with E-state index in [1.165, 1.54) is 4.88 Å². The number of aryl methyl sites for hydroxylation is 1. The van der Waals surface area contributed by atoms with Gasteiger partial charge < -0.3 is 9.88 Å². The average Bonchev–Trinajstić information content (AvgIpc) is 2.88. The molecule has 1 atom stereocenters. The highest BCUT2D eigenvalue weighted by atomic mass is 32.1. The first-order chi connectivity index (χ1) is 8.68. The lowest BCUT2D eigenvalue weighted by Gasteiger charge is -2.13. The van der Waals surface area contributed by atoms with Gasteiger partial charge in [-0.2, -0.15) is 0 Å². The average molecular weight is 262 g/mol. The first-order valence-electron chi connectivity index (χ1n) is 6.11. The Morgan fingerprint density at radius 3 is 2.94 bits per heavy atom. The van der Waals surface area contributed by atoms with Crippen LogP contribution in [0.2, 0.25) is 0 Å². The molecule has 2 heterocycles. The highest BCUT2D eigenvalue weighted by Crippen LogP contribution is 2.17. The van der Waals surface area contributed by atoms with Crippen LogP contribution in [0.15, 0.2) is 40.6 Å². The van der Waals surface area contributed by atoms with Crippen LogP contribution in [0.25, 0.3) is 0 Å². The highest BCUT2D eigenvalue weighted by Gasteiger charge is 2.05. The van der Waals surface area contributed by atoms with Gasteiger partial charge in [-0.3, -0.25) is 4.79 Å². The zero-order valence-electron chi connectivity index (χ0n) is 10.7. The van der Waals surface area contributed by atoms with E-state index >= 15 is 0 Å². The maximum Gasteiger partial charge on any atom is 0.253 e.